The molecule has 33 heavy (non-hydrogen) atoms. The van der Waals surface area contributed by atoms with Gasteiger partial charge in [-0.3, -0.25) is 9.36 Å². The molecule has 10 heteroatoms. The summed E-state index contributed by atoms with van der Waals surface area (Å²) in [6, 6.07) is 1.41. The van der Waals surface area contributed by atoms with Gasteiger partial charge in [-0.15, -0.1) is 0 Å². The van der Waals surface area contributed by atoms with Gasteiger partial charge in [0, 0.05) is 30.7 Å². The first-order valence-corrected chi connectivity index (χ1v) is 11.4. The highest BCUT2D eigenvalue weighted by Gasteiger charge is 2.33. The molecule has 2 fully saturated rings. The monoisotopic (exact) mass is 461 g/mol. The highest BCUT2D eigenvalue weighted by Crippen LogP contribution is 2.38. The number of ether oxygens (including phenoxy) is 1. The second-order valence-corrected chi connectivity index (χ2v) is 10.2. The maximum Gasteiger partial charge on any atom is 0.407 e. The average Bonchev–Trinajstić information content (AvgIpc) is 3.42. The minimum atomic E-state index is -0.690. The molecule has 1 aliphatic carbocycles. The van der Waals surface area contributed by atoms with E-state index < -0.39 is 28.8 Å². The predicted octanol–water partition coefficient (Wildman–Crippen LogP) is 2.40. The lowest BCUT2D eigenvalue weighted by Crippen LogP contribution is -2.45. The summed E-state index contributed by atoms with van der Waals surface area (Å²) in [6.45, 7) is 9.99. The molecule has 1 aromatic heterocycles. The second-order valence-electron chi connectivity index (χ2n) is 10.2. The molecule has 1 saturated carbocycles. The van der Waals surface area contributed by atoms with Crippen LogP contribution in [0, 0.1) is 18.7 Å². The summed E-state index contributed by atoms with van der Waals surface area (Å²) in [4.78, 5) is 39.4. The number of carbonyl (C=O) groups is 1. The molecule has 1 amide bonds. The number of alkyl carbamates (subject to hydrolysis) is 1. The van der Waals surface area contributed by atoms with Gasteiger partial charge in [-0.1, -0.05) is 0 Å². The van der Waals surface area contributed by atoms with Crippen molar-refractivity contribution >= 4 is 22.7 Å². The first kappa shape index (κ1) is 23.1. The number of aromatic nitrogens is 2. The maximum absolute atomic E-state index is 15.5. The van der Waals surface area contributed by atoms with Crippen LogP contribution in [0.5, 0.6) is 0 Å². The molecule has 2 heterocycles. The molecule has 0 radical (unpaired) electrons. The highest BCUT2D eigenvalue weighted by molar-refractivity contribution is 5.86. The second kappa shape index (κ2) is 8.07. The number of nitrogens with two attached hydrogens (primary N) is 1. The lowest BCUT2D eigenvalue weighted by atomic mass is 10.0. The molecule has 4 rings (SSSR count). The SMILES string of the molecule is Cc1c(F)c(N2CCC(C(C)NC(=O)OC(C)(C)C)C2)cc2c1c(=O)n(N)c(=O)n2C1CC1. The van der Waals surface area contributed by atoms with Gasteiger partial charge < -0.3 is 20.8 Å². The molecule has 2 aromatic rings. The summed E-state index contributed by atoms with van der Waals surface area (Å²) >= 11 is 0. The number of nitrogens with zero attached hydrogens (tertiary/aromatic N) is 3. The summed E-state index contributed by atoms with van der Waals surface area (Å²) in [6.07, 6.45) is 1.91. The van der Waals surface area contributed by atoms with Crippen molar-refractivity contribution in [2.45, 2.75) is 71.6 Å². The molecule has 1 aliphatic heterocycles. The Balaban J connectivity index is 1.64. The zero-order valence-electron chi connectivity index (χ0n) is 19.8. The molecule has 1 saturated heterocycles. The van der Waals surface area contributed by atoms with Crippen molar-refractivity contribution in [3.8, 4) is 0 Å². The van der Waals surface area contributed by atoms with Crippen LogP contribution in [-0.4, -0.2) is 40.1 Å². The van der Waals surface area contributed by atoms with Crippen LogP contribution in [0.2, 0.25) is 0 Å². The highest BCUT2D eigenvalue weighted by atomic mass is 19.1. The van der Waals surface area contributed by atoms with Crippen molar-refractivity contribution in [2.24, 2.45) is 5.92 Å². The molecule has 3 N–H and O–H groups in total. The van der Waals surface area contributed by atoms with E-state index in [1.54, 1.807) is 33.8 Å². The van der Waals surface area contributed by atoms with Gasteiger partial charge in [0.15, 0.2) is 0 Å². The van der Waals surface area contributed by atoms with E-state index in [-0.39, 0.29) is 29.0 Å². The fourth-order valence-electron chi connectivity index (χ4n) is 4.59. The van der Waals surface area contributed by atoms with Crippen molar-refractivity contribution in [1.29, 1.82) is 0 Å². The topological polar surface area (TPSA) is 112 Å². The Morgan fingerprint density at radius 1 is 1.27 bits per heavy atom. The van der Waals surface area contributed by atoms with Crippen LogP contribution in [0.15, 0.2) is 15.7 Å². The van der Waals surface area contributed by atoms with Crippen molar-refractivity contribution < 1.29 is 13.9 Å². The van der Waals surface area contributed by atoms with E-state index in [9.17, 15) is 14.4 Å². The summed E-state index contributed by atoms with van der Waals surface area (Å²) in [5.74, 6) is 5.32. The molecule has 2 atom stereocenters. The van der Waals surface area contributed by atoms with E-state index in [1.165, 1.54) is 4.57 Å². The van der Waals surface area contributed by atoms with Crippen LogP contribution in [0.1, 0.15) is 58.6 Å². The number of carbonyl (C=O) groups excluding carboxylic acids is 1. The van der Waals surface area contributed by atoms with E-state index in [0.717, 1.165) is 19.3 Å². The van der Waals surface area contributed by atoms with Crippen LogP contribution in [0.3, 0.4) is 0 Å². The largest absolute Gasteiger partial charge is 0.444 e. The van der Waals surface area contributed by atoms with Gasteiger partial charge >= 0.3 is 11.8 Å². The number of aryl methyl sites for hydroxylation is 1. The number of rotatable bonds is 4. The standard InChI is InChI=1S/C23H32FN5O4/c1-12-18-16(28(15-6-7-15)22(32)29(25)20(18)30)10-17(19(12)24)27-9-8-14(11-27)13(2)26-21(31)33-23(3,4)5/h10,13-15H,6-9,11,25H2,1-5H3,(H,26,31). The number of amides is 1. The molecule has 180 valence electrons. The number of hydrogen-bond donors (Lipinski definition) is 2. The molecule has 2 aliphatic rings. The quantitative estimate of drug-likeness (QED) is 0.677. The van der Waals surface area contributed by atoms with E-state index in [4.69, 9.17) is 10.6 Å². The van der Waals surface area contributed by atoms with Crippen molar-refractivity contribution in [3.63, 3.8) is 0 Å². The zero-order chi connectivity index (χ0) is 24.2. The lowest BCUT2D eigenvalue weighted by Gasteiger charge is -2.26. The first-order valence-electron chi connectivity index (χ1n) is 11.4. The number of anilines is 1. The Bertz CT molecular complexity index is 1220. The van der Waals surface area contributed by atoms with Gasteiger partial charge in [0.1, 0.15) is 11.4 Å². The van der Waals surface area contributed by atoms with Crippen LogP contribution in [-0.2, 0) is 4.74 Å². The minimum Gasteiger partial charge on any atom is -0.444 e. The predicted molar refractivity (Wildman–Crippen MR) is 125 cm³/mol. The summed E-state index contributed by atoms with van der Waals surface area (Å²) in [5, 5.41) is 3.01. The molecule has 9 nitrogen and oxygen atoms in total. The van der Waals surface area contributed by atoms with Gasteiger partial charge in [-0.05, 0) is 65.9 Å². The number of nitrogen functional groups attached to an aromatic ring is 1. The number of nitrogens with one attached hydrogen (secondary N) is 1. The summed E-state index contributed by atoms with van der Waals surface area (Å²) in [7, 11) is 0. The fourth-order valence-corrected chi connectivity index (χ4v) is 4.59. The lowest BCUT2D eigenvalue weighted by molar-refractivity contribution is 0.0494. The Morgan fingerprint density at radius 2 is 1.94 bits per heavy atom. The van der Waals surface area contributed by atoms with Crippen LogP contribution in [0.4, 0.5) is 14.9 Å². The van der Waals surface area contributed by atoms with Gasteiger partial charge in [0.2, 0.25) is 0 Å². The van der Waals surface area contributed by atoms with Gasteiger partial charge in [-0.2, -0.15) is 4.68 Å². The smallest absolute Gasteiger partial charge is 0.407 e. The molecule has 0 bridgehead atoms. The molecular weight excluding hydrogens is 429 g/mol. The number of fused-ring (bicyclic) bond motifs is 1. The Morgan fingerprint density at radius 3 is 2.55 bits per heavy atom. The Labute approximate surface area is 191 Å². The number of benzene rings is 1. The van der Waals surface area contributed by atoms with Crippen molar-refractivity contribution in [2.75, 3.05) is 23.8 Å². The third-order valence-electron chi connectivity index (χ3n) is 6.49. The maximum atomic E-state index is 15.5. The Hall–Kier alpha value is -3.04. The van der Waals surface area contributed by atoms with Crippen LogP contribution < -0.4 is 27.3 Å². The average molecular weight is 462 g/mol. The third-order valence-corrected chi connectivity index (χ3v) is 6.49. The van der Waals surface area contributed by atoms with Crippen molar-refractivity contribution in [1.82, 2.24) is 14.6 Å². The first-order chi connectivity index (χ1) is 15.4. The molecule has 1 aromatic carbocycles. The fraction of sp³-hybridized carbons (Fsp3) is 0.609. The molecule has 2 unspecified atom stereocenters. The zero-order valence-corrected chi connectivity index (χ0v) is 19.8. The van der Waals surface area contributed by atoms with Gasteiger partial charge in [0.05, 0.1) is 16.6 Å². The van der Waals surface area contributed by atoms with Crippen LogP contribution >= 0.6 is 0 Å². The Kier molecular flexibility index (Phi) is 5.66. The third kappa shape index (κ3) is 4.30. The normalized spacial score (nSPS) is 19.7. The molecular formula is C23H32FN5O4. The number of halogens is 1. The van der Waals surface area contributed by atoms with Crippen molar-refractivity contribution in [3.05, 3.63) is 38.3 Å². The van der Waals surface area contributed by atoms with E-state index in [1.807, 2.05) is 11.8 Å². The summed E-state index contributed by atoms with van der Waals surface area (Å²) < 4.78 is 22.9. The van der Waals surface area contributed by atoms with E-state index >= 15 is 4.39 Å². The number of hydrogen-bond acceptors (Lipinski definition) is 6. The van der Waals surface area contributed by atoms with E-state index in [2.05, 4.69) is 5.32 Å². The van der Waals surface area contributed by atoms with Gasteiger partial charge in [-0.25, -0.2) is 14.0 Å². The molecule has 0 spiro atoms. The van der Waals surface area contributed by atoms with E-state index in [0.29, 0.717) is 29.0 Å². The van der Waals surface area contributed by atoms with Gasteiger partial charge in [0.25, 0.3) is 5.56 Å². The minimum absolute atomic E-state index is 0.0301. The van der Waals surface area contributed by atoms with Crippen LogP contribution in [0.25, 0.3) is 10.9 Å². The summed E-state index contributed by atoms with van der Waals surface area (Å²) in [5.41, 5.74) is -0.895.